The van der Waals surface area contributed by atoms with E-state index in [1.54, 1.807) is 0 Å². The Morgan fingerprint density at radius 1 is 1.40 bits per heavy atom. The summed E-state index contributed by atoms with van der Waals surface area (Å²) in [4.78, 5) is 0. The second-order valence-corrected chi connectivity index (χ2v) is 2.06. The van der Waals surface area contributed by atoms with E-state index in [0.29, 0.717) is 0 Å². The lowest BCUT2D eigenvalue weighted by Crippen LogP contribution is -2.34. The van der Waals surface area contributed by atoms with Crippen LogP contribution >= 0.6 is 0 Å². The monoisotopic (exact) mass is 143 g/mol. The van der Waals surface area contributed by atoms with Crippen molar-refractivity contribution in [3.8, 4) is 0 Å². The average molecular weight is 143 g/mol. The minimum Gasteiger partial charge on any atom is -0.387 e. The summed E-state index contributed by atoms with van der Waals surface area (Å²) in [7, 11) is 1.86. The molecule has 0 aliphatic rings. The molecule has 0 heterocycles. The Morgan fingerprint density at radius 2 is 2.10 bits per heavy atom. The highest BCUT2D eigenvalue weighted by Gasteiger charge is 1.86. The van der Waals surface area contributed by atoms with Crippen molar-refractivity contribution in [2.45, 2.75) is 13.3 Å². The van der Waals surface area contributed by atoms with E-state index in [9.17, 15) is 0 Å². The van der Waals surface area contributed by atoms with Gasteiger partial charge in [0.2, 0.25) is 0 Å². The molecule has 0 fully saturated rings. The smallest absolute Gasteiger partial charge is 0.0283 e. The van der Waals surface area contributed by atoms with Crippen LogP contribution in [0.5, 0.6) is 0 Å². The van der Waals surface area contributed by atoms with Crippen LogP contribution in [0.25, 0.3) is 0 Å². The van der Waals surface area contributed by atoms with Crippen molar-refractivity contribution in [3.63, 3.8) is 0 Å². The largest absolute Gasteiger partial charge is 0.387 e. The lowest BCUT2D eigenvalue weighted by Gasteiger charge is -2.06. The van der Waals surface area contributed by atoms with Gasteiger partial charge < -0.3 is 5.32 Å². The van der Waals surface area contributed by atoms with Gasteiger partial charge in [0.05, 0.1) is 0 Å². The second-order valence-electron chi connectivity index (χ2n) is 2.06. The first-order valence-electron chi connectivity index (χ1n) is 3.62. The fourth-order valence-corrected chi connectivity index (χ4v) is 0.552. The summed E-state index contributed by atoms with van der Waals surface area (Å²) in [6.45, 7) is 7.73. The van der Waals surface area contributed by atoms with E-state index in [-0.39, 0.29) is 0 Å². The summed E-state index contributed by atoms with van der Waals surface area (Å²) in [6.07, 6.45) is 1.000. The molecule has 0 bridgehead atoms. The first kappa shape index (κ1) is 9.46. The Labute approximate surface area is 62.9 Å². The van der Waals surface area contributed by atoms with Crippen molar-refractivity contribution >= 4 is 0 Å². The zero-order valence-electron chi connectivity index (χ0n) is 6.83. The van der Waals surface area contributed by atoms with E-state index in [0.717, 1.165) is 25.2 Å². The molecule has 0 unspecified atom stereocenters. The molecule has 0 aromatic carbocycles. The van der Waals surface area contributed by atoms with E-state index in [4.69, 9.17) is 0 Å². The number of allylic oxidation sites excluding steroid dienone is 1. The lowest BCUT2D eigenvalue weighted by molar-refractivity contribution is 0.577. The molecular weight excluding hydrogens is 126 g/mol. The SMILES string of the molecule is C=C(CC)NCCNNC. The van der Waals surface area contributed by atoms with Crippen LogP contribution in [0.1, 0.15) is 13.3 Å². The van der Waals surface area contributed by atoms with Crippen LogP contribution in [-0.2, 0) is 0 Å². The third-order valence-electron chi connectivity index (χ3n) is 1.23. The van der Waals surface area contributed by atoms with Crippen molar-refractivity contribution in [3.05, 3.63) is 12.3 Å². The number of hydrazine groups is 1. The molecule has 10 heavy (non-hydrogen) atoms. The normalized spacial score (nSPS) is 9.40. The molecule has 0 radical (unpaired) electrons. The Kier molecular flexibility index (Phi) is 6.22. The molecule has 3 N–H and O–H groups in total. The van der Waals surface area contributed by atoms with Crippen LogP contribution in [0.2, 0.25) is 0 Å². The molecule has 0 amide bonds. The summed E-state index contributed by atoms with van der Waals surface area (Å²) in [5.41, 5.74) is 6.91. The molecule has 0 spiro atoms. The second kappa shape index (κ2) is 6.58. The van der Waals surface area contributed by atoms with Gasteiger partial charge in [-0.25, -0.2) is 0 Å². The molecule has 0 aliphatic carbocycles. The van der Waals surface area contributed by atoms with Crippen LogP contribution in [0.4, 0.5) is 0 Å². The number of hydrogen-bond donors (Lipinski definition) is 3. The first-order chi connectivity index (χ1) is 4.81. The van der Waals surface area contributed by atoms with E-state index < -0.39 is 0 Å². The molecule has 0 atom stereocenters. The van der Waals surface area contributed by atoms with Gasteiger partial charge in [0.25, 0.3) is 0 Å². The number of hydrogen-bond acceptors (Lipinski definition) is 3. The van der Waals surface area contributed by atoms with Gasteiger partial charge in [0.15, 0.2) is 0 Å². The highest BCUT2D eigenvalue weighted by atomic mass is 15.3. The Balaban J connectivity index is 2.96. The average Bonchev–Trinajstić information content (AvgIpc) is 1.98. The minimum atomic E-state index is 0.912. The fourth-order valence-electron chi connectivity index (χ4n) is 0.552. The van der Waals surface area contributed by atoms with Gasteiger partial charge in [0, 0.05) is 18.8 Å². The lowest BCUT2D eigenvalue weighted by atomic mass is 10.4. The van der Waals surface area contributed by atoms with Crippen LogP contribution in [0.3, 0.4) is 0 Å². The number of rotatable bonds is 6. The van der Waals surface area contributed by atoms with Gasteiger partial charge >= 0.3 is 0 Å². The maximum atomic E-state index is 3.81. The van der Waals surface area contributed by atoms with Gasteiger partial charge in [-0.15, -0.1) is 0 Å². The Hall–Kier alpha value is -0.540. The Bertz CT molecular complexity index is 90.9. The molecule has 3 nitrogen and oxygen atoms in total. The molecule has 0 rings (SSSR count). The molecule has 0 aromatic heterocycles. The molecular formula is C7H17N3. The maximum Gasteiger partial charge on any atom is 0.0283 e. The van der Waals surface area contributed by atoms with E-state index >= 15 is 0 Å². The molecule has 0 aromatic rings. The summed E-state index contributed by atoms with van der Waals surface area (Å²) in [6, 6.07) is 0. The first-order valence-corrected chi connectivity index (χ1v) is 3.62. The molecule has 3 heteroatoms. The summed E-state index contributed by atoms with van der Waals surface area (Å²) >= 11 is 0. The molecule has 0 saturated carbocycles. The van der Waals surface area contributed by atoms with Gasteiger partial charge in [-0.1, -0.05) is 13.5 Å². The zero-order chi connectivity index (χ0) is 7.82. The molecule has 0 aliphatic heterocycles. The van der Waals surface area contributed by atoms with Gasteiger partial charge in [-0.3, -0.25) is 10.9 Å². The van der Waals surface area contributed by atoms with Crippen LogP contribution in [0, 0.1) is 0 Å². The van der Waals surface area contributed by atoms with Crippen molar-refractivity contribution in [1.82, 2.24) is 16.2 Å². The van der Waals surface area contributed by atoms with Crippen molar-refractivity contribution < 1.29 is 0 Å². The fraction of sp³-hybridized carbons (Fsp3) is 0.714. The summed E-state index contributed by atoms with van der Waals surface area (Å²) < 4.78 is 0. The zero-order valence-corrected chi connectivity index (χ0v) is 6.83. The maximum absolute atomic E-state index is 3.81. The summed E-state index contributed by atoms with van der Waals surface area (Å²) in [5, 5.41) is 3.17. The van der Waals surface area contributed by atoms with Crippen LogP contribution in [0.15, 0.2) is 12.3 Å². The molecule has 60 valence electrons. The van der Waals surface area contributed by atoms with Crippen LogP contribution in [-0.4, -0.2) is 20.1 Å². The highest BCUT2D eigenvalue weighted by molar-refractivity contribution is 4.88. The van der Waals surface area contributed by atoms with Crippen LogP contribution < -0.4 is 16.2 Å². The Morgan fingerprint density at radius 3 is 2.60 bits per heavy atom. The number of nitrogens with one attached hydrogen (secondary N) is 3. The quantitative estimate of drug-likeness (QED) is 0.368. The minimum absolute atomic E-state index is 0.912. The molecule has 0 saturated heterocycles. The van der Waals surface area contributed by atoms with Crippen molar-refractivity contribution in [2.24, 2.45) is 0 Å². The third kappa shape index (κ3) is 5.59. The third-order valence-corrected chi connectivity index (χ3v) is 1.23. The van der Waals surface area contributed by atoms with E-state index in [1.165, 1.54) is 0 Å². The van der Waals surface area contributed by atoms with Gasteiger partial charge in [-0.05, 0) is 13.5 Å². The predicted octanol–water partition coefficient (Wildman–Crippen LogP) is 0.224. The topological polar surface area (TPSA) is 36.1 Å². The predicted molar refractivity (Wildman–Crippen MR) is 44.5 cm³/mol. The van der Waals surface area contributed by atoms with Gasteiger partial charge in [-0.2, -0.15) is 0 Å². The highest BCUT2D eigenvalue weighted by Crippen LogP contribution is 1.87. The van der Waals surface area contributed by atoms with E-state index in [1.807, 2.05) is 7.05 Å². The summed E-state index contributed by atoms with van der Waals surface area (Å²) in [5.74, 6) is 0. The van der Waals surface area contributed by atoms with Crippen molar-refractivity contribution in [1.29, 1.82) is 0 Å². The van der Waals surface area contributed by atoms with E-state index in [2.05, 4.69) is 29.7 Å². The van der Waals surface area contributed by atoms with Crippen molar-refractivity contribution in [2.75, 3.05) is 20.1 Å². The van der Waals surface area contributed by atoms with Gasteiger partial charge in [0.1, 0.15) is 0 Å². The standard InChI is InChI=1S/C7H17N3/c1-4-7(2)9-5-6-10-8-3/h8-10H,2,4-6H2,1,3H3.